The molecule has 1 spiro atoms. The molecule has 5 atom stereocenters. The van der Waals surface area contributed by atoms with E-state index < -0.39 is 48.4 Å². The SMILES string of the molecule is CCOc1ccc2c(c1)CC(NCCCCO)C(=O)N2c1ccc(CN2C(=O)[C@]3(O[C@H](CC(=O)N(CCO)Cc4ccccc4)[C@@H]([Si](C)(C)F)[C@@H]3C)c3cc([N+](=O)[O-])ccc32)cc1. The lowest BCUT2D eigenvalue weighted by Crippen LogP contribution is -2.49. The normalized spacial score (nSPS) is 21.8. The third-order valence-corrected chi connectivity index (χ3v) is 15.0. The van der Waals surface area contributed by atoms with E-state index in [-0.39, 0.29) is 62.3 Å². The molecule has 1 saturated heterocycles. The number of anilines is 3. The first-order valence-corrected chi connectivity index (χ1v) is 24.6. The lowest BCUT2D eigenvalue weighted by Gasteiger charge is -2.35. The minimum atomic E-state index is -3.70. The molecule has 0 bridgehead atoms. The molecule has 7 rings (SSSR count). The minimum Gasteiger partial charge on any atom is -0.494 e. The summed E-state index contributed by atoms with van der Waals surface area (Å²) in [6, 6.07) is 25.9. The van der Waals surface area contributed by atoms with Gasteiger partial charge in [0.05, 0.1) is 54.6 Å². The average Bonchev–Trinajstić information content (AvgIpc) is 3.68. The van der Waals surface area contributed by atoms with Crippen LogP contribution in [0, 0.1) is 16.0 Å². The summed E-state index contributed by atoms with van der Waals surface area (Å²) in [7, 11) is -3.70. The van der Waals surface area contributed by atoms with E-state index in [0.29, 0.717) is 55.1 Å². The van der Waals surface area contributed by atoms with Crippen molar-refractivity contribution in [3.05, 3.63) is 123 Å². The summed E-state index contributed by atoms with van der Waals surface area (Å²) in [6.07, 6.45) is 0.503. The van der Waals surface area contributed by atoms with Crippen molar-refractivity contribution < 1.29 is 43.1 Å². The molecule has 3 aliphatic heterocycles. The van der Waals surface area contributed by atoms with Crippen molar-refractivity contribution in [3.63, 3.8) is 0 Å². The molecular weight excluding hydrogens is 826 g/mol. The number of halogens is 1. The van der Waals surface area contributed by atoms with E-state index in [1.165, 1.54) is 41.1 Å². The van der Waals surface area contributed by atoms with Crippen molar-refractivity contribution >= 4 is 48.9 Å². The van der Waals surface area contributed by atoms with Gasteiger partial charge in [-0.05, 0) is 98.9 Å². The van der Waals surface area contributed by atoms with E-state index >= 15 is 8.90 Å². The number of ether oxygens (including phenoxy) is 2. The number of nitro groups is 1. The number of nitrogens with one attached hydrogen (secondary N) is 1. The maximum absolute atomic E-state index is 16.6. The number of carbonyl (C=O) groups excluding carboxylic acids is 3. The van der Waals surface area contributed by atoms with Crippen LogP contribution in [0.5, 0.6) is 5.75 Å². The number of benzene rings is 4. The number of aliphatic hydroxyl groups excluding tert-OH is 2. The summed E-state index contributed by atoms with van der Waals surface area (Å²) in [4.78, 5) is 59.5. The van der Waals surface area contributed by atoms with E-state index in [1.54, 1.807) is 11.8 Å². The predicted octanol–water partition coefficient (Wildman–Crippen LogP) is 6.68. The number of hydrogen-bond acceptors (Lipinski definition) is 10. The largest absolute Gasteiger partial charge is 0.494 e. The summed E-state index contributed by atoms with van der Waals surface area (Å²) >= 11 is 0. The number of amides is 3. The number of unbranched alkanes of at least 4 members (excludes halogenated alkanes) is 1. The summed E-state index contributed by atoms with van der Waals surface area (Å²) in [5, 5.41) is 34.7. The molecule has 1 fully saturated rings. The highest BCUT2D eigenvalue weighted by molar-refractivity contribution is 6.72. The molecule has 3 heterocycles. The van der Waals surface area contributed by atoms with Crippen molar-refractivity contribution in [1.29, 1.82) is 0 Å². The molecule has 334 valence electrons. The molecule has 14 nitrogen and oxygen atoms in total. The van der Waals surface area contributed by atoms with Crippen LogP contribution in [0.2, 0.25) is 18.6 Å². The van der Waals surface area contributed by atoms with Gasteiger partial charge in [-0.3, -0.25) is 29.4 Å². The lowest BCUT2D eigenvalue weighted by molar-refractivity contribution is -0.385. The number of carbonyl (C=O) groups is 3. The summed E-state index contributed by atoms with van der Waals surface area (Å²) < 4.78 is 29.2. The second kappa shape index (κ2) is 19.1. The highest BCUT2D eigenvalue weighted by atomic mass is 28.4. The Labute approximate surface area is 367 Å². The Morgan fingerprint density at radius 3 is 2.40 bits per heavy atom. The van der Waals surface area contributed by atoms with Crippen molar-refractivity contribution in [2.75, 3.05) is 42.7 Å². The molecule has 63 heavy (non-hydrogen) atoms. The van der Waals surface area contributed by atoms with Gasteiger partial charge in [-0.15, -0.1) is 0 Å². The van der Waals surface area contributed by atoms with E-state index in [1.807, 2.05) is 79.7 Å². The van der Waals surface area contributed by atoms with Gasteiger partial charge in [0.1, 0.15) is 5.75 Å². The van der Waals surface area contributed by atoms with Crippen LogP contribution in [0.25, 0.3) is 0 Å². The monoisotopic (exact) mass is 881 g/mol. The smallest absolute Gasteiger partial charge is 0.269 e. The van der Waals surface area contributed by atoms with Gasteiger partial charge in [-0.2, -0.15) is 0 Å². The van der Waals surface area contributed by atoms with Crippen molar-refractivity contribution in [2.24, 2.45) is 5.92 Å². The number of hydrogen-bond donors (Lipinski definition) is 3. The Kier molecular flexibility index (Phi) is 13.8. The molecule has 0 aliphatic carbocycles. The number of nitrogens with zero attached hydrogens (tertiary/aromatic N) is 4. The zero-order valence-electron chi connectivity index (χ0n) is 36.2. The van der Waals surface area contributed by atoms with Crippen molar-refractivity contribution in [3.8, 4) is 5.75 Å². The van der Waals surface area contributed by atoms with Gasteiger partial charge in [-0.25, -0.2) is 0 Å². The number of rotatable bonds is 18. The van der Waals surface area contributed by atoms with Crippen LogP contribution >= 0.6 is 0 Å². The molecule has 16 heteroatoms. The fraction of sp³-hybridized carbons (Fsp3) is 0.426. The third-order valence-electron chi connectivity index (χ3n) is 12.5. The minimum absolute atomic E-state index is 0.0328. The second-order valence-electron chi connectivity index (χ2n) is 17.1. The highest BCUT2D eigenvalue weighted by Crippen LogP contribution is 2.61. The molecule has 4 aromatic carbocycles. The summed E-state index contributed by atoms with van der Waals surface area (Å²) in [5.41, 5.74) is 1.53. The Morgan fingerprint density at radius 1 is 1.00 bits per heavy atom. The van der Waals surface area contributed by atoms with Gasteiger partial charge in [-0.1, -0.05) is 49.4 Å². The predicted molar refractivity (Wildman–Crippen MR) is 239 cm³/mol. The van der Waals surface area contributed by atoms with Gasteiger partial charge in [0.15, 0.2) is 5.60 Å². The molecule has 0 aromatic heterocycles. The number of fused-ring (bicyclic) bond motifs is 3. The van der Waals surface area contributed by atoms with Gasteiger partial charge in [0.25, 0.3) is 11.6 Å². The van der Waals surface area contributed by atoms with Gasteiger partial charge >= 0.3 is 0 Å². The molecular formula is C47H56FN5O9Si. The number of nitro benzene ring substituents is 1. The van der Waals surface area contributed by atoms with Crippen LogP contribution in [0.4, 0.5) is 26.9 Å². The van der Waals surface area contributed by atoms with Crippen LogP contribution in [-0.4, -0.2) is 91.2 Å². The molecule has 3 amide bonds. The molecule has 0 radical (unpaired) electrons. The van der Waals surface area contributed by atoms with E-state index in [9.17, 15) is 29.9 Å². The highest BCUT2D eigenvalue weighted by Gasteiger charge is 2.67. The maximum atomic E-state index is 16.6. The van der Waals surface area contributed by atoms with Crippen molar-refractivity contribution in [1.82, 2.24) is 10.2 Å². The molecule has 1 unspecified atom stereocenters. The summed E-state index contributed by atoms with van der Waals surface area (Å²) in [6.45, 7) is 7.81. The van der Waals surface area contributed by atoms with E-state index in [0.717, 1.165) is 16.8 Å². The number of non-ortho nitro benzene ring substituents is 1. The van der Waals surface area contributed by atoms with Crippen LogP contribution in [-0.2, 0) is 44.2 Å². The van der Waals surface area contributed by atoms with Crippen LogP contribution < -0.4 is 19.9 Å². The number of aliphatic hydroxyl groups is 2. The van der Waals surface area contributed by atoms with Crippen LogP contribution in [0.3, 0.4) is 0 Å². The quantitative estimate of drug-likeness (QED) is 0.0322. The zero-order valence-corrected chi connectivity index (χ0v) is 37.2. The molecule has 0 saturated carbocycles. The molecule has 3 N–H and O–H groups in total. The Morgan fingerprint density at radius 2 is 1.73 bits per heavy atom. The Balaban J connectivity index is 1.19. The van der Waals surface area contributed by atoms with Gasteiger partial charge < -0.3 is 38.9 Å². The second-order valence-corrected chi connectivity index (χ2v) is 20.9. The lowest BCUT2D eigenvalue weighted by atomic mass is 9.82. The van der Waals surface area contributed by atoms with Crippen LogP contribution in [0.1, 0.15) is 55.4 Å². The average molecular weight is 882 g/mol. The first-order chi connectivity index (χ1) is 30.2. The zero-order chi connectivity index (χ0) is 45.1. The standard InChI is InChI=1S/C47H56FN5O9Si/c1-5-61-37-18-20-40-34(25-37)26-39(49-21-9-10-23-54)45(57)52(40)35-15-13-33(14-16-35)30-51-41-19-17-36(53(59)60)27-38(41)47(46(51)58)31(2)44(63(3,4)48)42(62-47)28-43(56)50(22-24-55)29-32-11-7-6-8-12-32/h6-8,11-20,25,27,31,39,42,44,49,54-55H,5,9-10,21-24,26,28-30H2,1-4H3/t31-,39?,42+,44-,47+/m0/s1. The van der Waals surface area contributed by atoms with Gasteiger partial charge in [0.2, 0.25) is 20.2 Å². The first-order valence-electron chi connectivity index (χ1n) is 21.6. The topological polar surface area (TPSA) is 175 Å². The molecule has 3 aliphatic rings. The Hall–Kier alpha value is -5.52. The Bertz CT molecular complexity index is 2310. The maximum Gasteiger partial charge on any atom is 0.269 e. The van der Waals surface area contributed by atoms with Crippen molar-refractivity contribution in [2.45, 2.75) is 89.0 Å². The van der Waals surface area contributed by atoms with E-state index in [2.05, 4.69) is 5.32 Å². The first kappa shape index (κ1) is 45.5. The summed E-state index contributed by atoms with van der Waals surface area (Å²) in [5.74, 6) is -1.12. The fourth-order valence-corrected chi connectivity index (χ4v) is 12.2. The van der Waals surface area contributed by atoms with Gasteiger partial charge in [0, 0.05) is 54.5 Å². The van der Waals surface area contributed by atoms with E-state index in [4.69, 9.17) is 9.47 Å². The van der Waals surface area contributed by atoms with Crippen LogP contribution in [0.15, 0.2) is 91.0 Å². The fourth-order valence-electron chi connectivity index (χ4n) is 9.68. The third kappa shape index (κ3) is 9.13. The molecule has 4 aromatic rings.